The molecule has 0 aromatic heterocycles. The number of carbonyl (C=O) groups excluding carboxylic acids is 1. The molecule has 0 heterocycles. The van der Waals surface area contributed by atoms with Gasteiger partial charge in [-0.25, -0.2) is 0 Å². The zero-order valence-electron chi connectivity index (χ0n) is 11.4. The number of nitrogens with two attached hydrogens (primary N) is 1. The maximum Gasteiger partial charge on any atom is 0.323 e. The Balaban J connectivity index is 2.14. The molecule has 1 atom stereocenters. The molecule has 0 radical (unpaired) electrons. The van der Waals surface area contributed by atoms with Crippen LogP contribution in [-0.4, -0.2) is 38.2 Å². The van der Waals surface area contributed by atoms with Crippen molar-refractivity contribution in [3.63, 3.8) is 0 Å². The van der Waals surface area contributed by atoms with Crippen molar-refractivity contribution < 1.29 is 9.53 Å². The van der Waals surface area contributed by atoms with E-state index in [4.69, 9.17) is 10.5 Å². The predicted octanol–water partition coefficient (Wildman–Crippen LogP) is 0.256. The summed E-state index contributed by atoms with van der Waals surface area (Å²) >= 11 is 0. The lowest BCUT2D eigenvalue weighted by Crippen LogP contribution is -2.39. The summed E-state index contributed by atoms with van der Waals surface area (Å²) in [5.74, 6) is -0.234. The highest BCUT2D eigenvalue weighted by atomic mass is 16.5. The third-order valence-corrected chi connectivity index (χ3v) is 2.65. The third-order valence-electron chi connectivity index (χ3n) is 2.65. The minimum absolute atomic E-state index is 0.234. The number of hydrogen-bond acceptors (Lipinski definition) is 5. The fourth-order valence-electron chi connectivity index (χ4n) is 1.54. The molecule has 4 N–H and O–H groups in total. The Morgan fingerprint density at radius 3 is 2.68 bits per heavy atom. The van der Waals surface area contributed by atoms with Crippen LogP contribution in [0.4, 0.5) is 0 Å². The SMILES string of the molecule is CC(NCCNCCN)C(=O)OCc1ccccc1. The fourth-order valence-corrected chi connectivity index (χ4v) is 1.54. The highest BCUT2D eigenvalue weighted by molar-refractivity contribution is 5.75. The van der Waals surface area contributed by atoms with E-state index < -0.39 is 0 Å². The van der Waals surface area contributed by atoms with Gasteiger partial charge in [0.05, 0.1) is 0 Å². The van der Waals surface area contributed by atoms with Gasteiger partial charge in [-0.05, 0) is 12.5 Å². The van der Waals surface area contributed by atoms with Crippen LogP contribution in [0.25, 0.3) is 0 Å². The molecule has 106 valence electrons. The van der Waals surface area contributed by atoms with Gasteiger partial charge in [-0.3, -0.25) is 4.79 Å². The first-order chi connectivity index (χ1) is 9.24. The van der Waals surface area contributed by atoms with Crippen LogP contribution in [0.15, 0.2) is 30.3 Å². The van der Waals surface area contributed by atoms with Crippen LogP contribution in [0.5, 0.6) is 0 Å². The molecule has 1 aromatic rings. The molecule has 1 unspecified atom stereocenters. The monoisotopic (exact) mass is 265 g/mol. The minimum Gasteiger partial charge on any atom is -0.460 e. The second kappa shape index (κ2) is 9.49. The van der Waals surface area contributed by atoms with Crippen LogP contribution >= 0.6 is 0 Å². The van der Waals surface area contributed by atoms with Gasteiger partial charge in [0.1, 0.15) is 12.6 Å². The van der Waals surface area contributed by atoms with E-state index in [9.17, 15) is 4.79 Å². The third kappa shape index (κ3) is 6.91. The zero-order chi connectivity index (χ0) is 13.9. The van der Waals surface area contributed by atoms with Gasteiger partial charge in [-0.15, -0.1) is 0 Å². The second-order valence-corrected chi connectivity index (χ2v) is 4.31. The van der Waals surface area contributed by atoms with Gasteiger partial charge in [0.2, 0.25) is 0 Å². The molecule has 5 heteroatoms. The molecule has 0 aliphatic heterocycles. The van der Waals surface area contributed by atoms with Crippen LogP contribution in [0.1, 0.15) is 12.5 Å². The van der Waals surface area contributed by atoms with Gasteiger partial charge < -0.3 is 21.1 Å². The first-order valence-corrected chi connectivity index (χ1v) is 6.58. The largest absolute Gasteiger partial charge is 0.460 e. The molecule has 5 nitrogen and oxygen atoms in total. The number of ether oxygens (including phenoxy) is 1. The quantitative estimate of drug-likeness (QED) is 0.441. The summed E-state index contributed by atoms with van der Waals surface area (Å²) in [6, 6.07) is 9.35. The Bertz CT molecular complexity index is 357. The lowest BCUT2D eigenvalue weighted by Gasteiger charge is -2.13. The summed E-state index contributed by atoms with van der Waals surface area (Å²) in [4.78, 5) is 11.7. The van der Waals surface area contributed by atoms with Crippen molar-refractivity contribution in [3.05, 3.63) is 35.9 Å². The minimum atomic E-state index is -0.302. The molecule has 0 fully saturated rings. The van der Waals surface area contributed by atoms with E-state index in [-0.39, 0.29) is 12.0 Å². The molecular weight excluding hydrogens is 242 g/mol. The molecule has 0 spiro atoms. The summed E-state index contributed by atoms with van der Waals surface area (Å²) in [5, 5.41) is 6.25. The molecule has 0 saturated carbocycles. The molecule has 1 aromatic carbocycles. The predicted molar refractivity (Wildman–Crippen MR) is 75.6 cm³/mol. The number of esters is 1. The molecule has 0 saturated heterocycles. The van der Waals surface area contributed by atoms with E-state index in [1.165, 1.54) is 0 Å². The summed E-state index contributed by atoms with van der Waals surface area (Å²) < 4.78 is 5.23. The molecule has 0 bridgehead atoms. The molecule has 0 amide bonds. The van der Waals surface area contributed by atoms with E-state index >= 15 is 0 Å². The second-order valence-electron chi connectivity index (χ2n) is 4.31. The Labute approximate surface area is 114 Å². The molecular formula is C14H23N3O2. The highest BCUT2D eigenvalue weighted by Crippen LogP contribution is 2.01. The molecule has 1 rings (SSSR count). The molecule has 0 aliphatic carbocycles. The lowest BCUT2D eigenvalue weighted by molar-refractivity contribution is -0.147. The van der Waals surface area contributed by atoms with Crippen molar-refractivity contribution in [3.8, 4) is 0 Å². The number of rotatable bonds is 9. The van der Waals surface area contributed by atoms with Gasteiger partial charge in [-0.1, -0.05) is 30.3 Å². The number of carbonyl (C=O) groups is 1. The summed E-state index contributed by atoms with van der Waals surface area (Å²) in [5.41, 5.74) is 6.35. The number of nitrogens with one attached hydrogen (secondary N) is 2. The first-order valence-electron chi connectivity index (χ1n) is 6.58. The average Bonchev–Trinajstić information content (AvgIpc) is 2.45. The van der Waals surface area contributed by atoms with Gasteiger partial charge in [0.15, 0.2) is 0 Å². The summed E-state index contributed by atoms with van der Waals surface area (Å²) in [7, 11) is 0. The van der Waals surface area contributed by atoms with Crippen LogP contribution in [0.2, 0.25) is 0 Å². The van der Waals surface area contributed by atoms with Crippen LogP contribution in [-0.2, 0) is 16.1 Å². The van der Waals surface area contributed by atoms with Gasteiger partial charge in [0, 0.05) is 26.2 Å². The average molecular weight is 265 g/mol. The van der Waals surface area contributed by atoms with Crippen molar-refractivity contribution in [1.29, 1.82) is 0 Å². The Hall–Kier alpha value is -1.43. The summed E-state index contributed by atoms with van der Waals surface area (Å²) in [6.07, 6.45) is 0. The van der Waals surface area contributed by atoms with Crippen molar-refractivity contribution in [2.24, 2.45) is 5.73 Å². The number of benzene rings is 1. The zero-order valence-corrected chi connectivity index (χ0v) is 11.4. The van der Waals surface area contributed by atoms with E-state index in [2.05, 4.69) is 10.6 Å². The van der Waals surface area contributed by atoms with Gasteiger partial charge in [0.25, 0.3) is 0 Å². The van der Waals surface area contributed by atoms with Crippen LogP contribution < -0.4 is 16.4 Å². The standard InChI is InChI=1S/C14H23N3O2/c1-12(17-10-9-16-8-7-15)14(18)19-11-13-5-3-2-4-6-13/h2-6,12,16-17H,7-11,15H2,1H3. The molecule has 19 heavy (non-hydrogen) atoms. The van der Waals surface area contributed by atoms with E-state index in [1.54, 1.807) is 6.92 Å². The van der Waals surface area contributed by atoms with Crippen molar-refractivity contribution in [2.75, 3.05) is 26.2 Å². The Morgan fingerprint density at radius 2 is 2.00 bits per heavy atom. The topological polar surface area (TPSA) is 76.4 Å². The van der Waals surface area contributed by atoms with Crippen molar-refractivity contribution in [2.45, 2.75) is 19.6 Å². The fraction of sp³-hybridized carbons (Fsp3) is 0.500. The Kier molecular flexibility index (Phi) is 7.81. The van der Waals surface area contributed by atoms with Crippen molar-refractivity contribution in [1.82, 2.24) is 10.6 Å². The van der Waals surface area contributed by atoms with E-state index in [0.717, 1.165) is 18.7 Å². The maximum atomic E-state index is 11.7. The first kappa shape index (κ1) is 15.6. The Morgan fingerprint density at radius 1 is 1.26 bits per heavy atom. The normalized spacial score (nSPS) is 12.1. The van der Waals surface area contributed by atoms with Crippen molar-refractivity contribution >= 4 is 5.97 Å². The van der Waals surface area contributed by atoms with Gasteiger partial charge in [-0.2, -0.15) is 0 Å². The van der Waals surface area contributed by atoms with Gasteiger partial charge >= 0.3 is 5.97 Å². The summed E-state index contributed by atoms with van der Waals surface area (Å²) in [6.45, 7) is 5.02. The van der Waals surface area contributed by atoms with Crippen LogP contribution in [0.3, 0.4) is 0 Å². The van der Waals surface area contributed by atoms with Crippen LogP contribution in [0, 0.1) is 0 Å². The smallest absolute Gasteiger partial charge is 0.323 e. The van der Waals surface area contributed by atoms with E-state index in [1.807, 2.05) is 30.3 Å². The highest BCUT2D eigenvalue weighted by Gasteiger charge is 2.13. The lowest BCUT2D eigenvalue weighted by atomic mass is 10.2. The molecule has 0 aliphatic rings. The number of hydrogen-bond donors (Lipinski definition) is 3. The maximum absolute atomic E-state index is 11.7. The van der Waals surface area contributed by atoms with E-state index in [0.29, 0.717) is 19.7 Å².